The summed E-state index contributed by atoms with van der Waals surface area (Å²) >= 11 is 0. The van der Waals surface area contributed by atoms with Crippen molar-refractivity contribution >= 4 is 19.8 Å². The van der Waals surface area contributed by atoms with E-state index in [9.17, 15) is 19.0 Å². The van der Waals surface area contributed by atoms with Gasteiger partial charge < -0.3 is 20.1 Å². The maximum Gasteiger partial charge on any atom is 0.472 e. The van der Waals surface area contributed by atoms with Crippen molar-refractivity contribution in [2.45, 2.75) is 238 Å². The van der Waals surface area contributed by atoms with Gasteiger partial charge in [-0.25, -0.2) is 4.57 Å². The van der Waals surface area contributed by atoms with Crippen molar-refractivity contribution < 1.29 is 37.6 Å². The van der Waals surface area contributed by atoms with E-state index in [0.717, 1.165) is 51.4 Å². The van der Waals surface area contributed by atoms with Crippen molar-refractivity contribution in [3.63, 3.8) is 0 Å². The Hall–Kier alpha value is -1.25. The van der Waals surface area contributed by atoms with Crippen LogP contribution in [0.15, 0.2) is 12.2 Å². The zero-order valence-electron chi connectivity index (χ0n) is 35.9. The van der Waals surface area contributed by atoms with E-state index in [4.69, 9.17) is 24.3 Å². The van der Waals surface area contributed by atoms with Gasteiger partial charge in [-0.15, -0.1) is 0 Å². The topological polar surface area (TPSA) is 134 Å². The van der Waals surface area contributed by atoms with Crippen LogP contribution >= 0.6 is 7.82 Å². The Kier molecular flexibility index (Phi) is 41.4. The van der Waals surface area contributed by atoms with Gasteiger partial charge >= 0.3 is 19.8 Å². The first-order chi connectivity index (χ1) is 26.8. The summed E-state index contributed by atoms with van der Waals surface area (Å²) in [6, 6.07) is 0. The summed E-state index contributed by atoms with van der Waals surface area (Å²) in [5.41, 5.74) is 5.35. The fraction of sp³-hybridized carbons (Fsp3) is 0.911. The first-order valence-corrected chi connectivity index (χ1v) is 24.7. The maximum atomic E-state index is 12.6. The van der Waals surface area contributed by atoms with Gasteiger partial charge in [0.15, 0.2) is 6.10 Å². The lowest BCUT2D eigenvalue weighted by Crippen LogP contribution is -2.29. The number of phosphoric acid groups is 1. The number of carbonyl (C=O) groups is 2. The summed E-state index contributed by atoms with van der Waals surface area (Å²) < 4.78 is 32.8. The molecule has 0 aliphatic carbocycles. The van der Waals surface area contributed by atoms with E-state index in [1.165, 1.54) is 148 Å². The number of allylic oxidation sites excluding steroid dienone is 2. The van der Waals surface area contributed by atoms with Gasteiger partial charge in [-0.2, -0.15) is 0 Å². The molecule has 0 aliphatic heterocycles. The third kappa shape index (κ3) is 42.2. The van der Waals surface area contributed by atoms with E-state index in [2.05, 4.69) is 26.0 Å². The van der Waals surface area contributed by atoms with Gasteiger partial charge in [0.25, 0.3) is 0 Å². The van der Waals surface area contributed by atoms with Gasteiger partial charge in [-0.05, 0) is 38.5 Å². The Labute approximate surface area is 339 Å². The standard InChI is InChI=1S/C45H88NO8P/c1-3-5-7-9-11-13-15-17-19-21-22-24-25-27-29-31-33-35-37-44(47)51-41-43(42-53-55(49,50)52-40-39-46)54-45(48)38-36-34-32-30-28-26-23-20-18-16-14-12-10-8-6-4-2/h20,23,43H,3-19,21-22,24-42,46H2,1-2H3,(H,49,50)/b23-20-/t43-/m1/s1. The van der Waals surface area contributed by atoms with Crippen molar-refractivity contribution in [1.29, 1.82) is 0 Å². The lowest BCUT2D eigenvalue weighted by Gasteiger charge is -2.19. The second-order valence-corrected chi connectivity index (χ2v) is 17.1. The minimum atomic E-state index is -4.37. The lowest BCUT2D eigenvalue weighted by molar-refractivity contribution is -0.161. The van der Waals surface area contributed by atoms with E-state index < -0.39 is 26.5 Å². The normalized spacial score (nSPS) is 13.3. The molecule has 9 nitrogen and oxygen atoms in total. The van der Waals surface area contributed by atoms with Gasteiger partial charge in [0, 0.05) is 19.4 Å². The first kappa shape index (κ1) is 53.8. The number of carbonyl (C=O) groups excluding carboxylic acids is 2. The van der Waals surface area contributed by atoms with Gasteiger partial charge in [-0.1, -0.05) is 193 Å². The van der Waals surface area contributed by atoms with E-state index in [0.29, 0.717) is 6.42 Å². The molecule has 2 atom stereocenters. The Morgan fingerprint density at radius 1 is 0.527 bits per heavy atom. The molecule has 1 unspecified atom stereocenters. The molecule has 0 rings (SSSR count). The molecule has 0 saturated carbocycles. The van der Waals surface area contributed by atoms with E-state index in [-0.39, 0.29) is 38.6 Å². The zero-order chi connectivity index (χ0) is 40.3. The summed E-state index contributed by atoms with van der Waals surface area (Å²) in [6.45, 7) is 3.76. The van der Waals surface area contributed by atoms with Crippen LogP contribution in [0.3, 0.4) is 0 Å². The zero-order valence-corrected chi connectivity index (χ0v) is 36.8. The largest absolute Gasteiger partial charge is 0.472 e. The van der Waals surface area contributed by atoms with Gasteiger partial charge in [0.1, 0.15) is 6.61 Å². The predicted molar refractivity (Wildman–Crippen MR) is 229 cm³/mol. The lowest BCUT2D eigenvalue weighted by atomic mass is 10.0. The minimum absolute atomic E-state index is 0.0549. The smallest absolute Gasteiger partial charge is 0.462 e. The molecule has 0 bridgehead atoms. The Bertz CT molecular complexity index is 917. The molecule has 0 fully saturated rings. The molecule has 0 aliphatic rings. The number of phosphoric ester groups is 1. The molecule has 0 spiro atoms. The molecule has 0 aromatic rings. The number of hydrogen-bond donors (Lipinski definition) is 2. The van der Waals surface area contributed by atoms with Gasteiger partial charge in [-0.3, -0.25) is 18.6 Å². The van der Waals surface area contributed by atoms with E-state index in [1.807, 2.05) is 0 Å². The van der Waals surface area contributed by atoms with Gasteiger partial charge in [0.2, 0.25) is 0 Å². The molecule has 0 saturated heterocycles. The average Bonchev–Trinajstić information content (AvgIpc) is 3.17. The highest BCUT2D eigenvalue weighted by atomic mass is 31.2. The fourth-order valence-corrected chi connectivity index (χ4v) is 7.45. The van der Waals surface area contributed by atoms with Crippen molar-refractivity contribution in [3.8, 4) is 0 Å². The summed E-state index contributed by atoms with van der Waals surface area (Å²) in [5, 5.41) is 0. The van der Waals surface area contributed by atoms with Crippen LogP contribution in [-0.2, 0) is 32.7 Å². The van der Waals surface area contributed by atoms with Crippen LogP contribution in [-0.4, -0.2) is 49.3 Å². The minimum Gasteiger partial charge on any atom is -0.462 e. The number of esters is 2. The second-order valence-electron chi connectivity index (χ2n) is 15.6. The molecule has 10 heteroatoms. The van der Waals surface area contributed by atoms with Crippen LogP contribution in [0.4, 0.5) is 0 Å². The number of nitrogens with two attached hydrogens (primary N) is 1. The van der Waals surface area contributed by atoms with E-state index in [1.54, 1.807) is 0 Å². The van der Waals surface area contributed by atoms with Gasteiger partial charge in [0.05, 0.1) is 13.2 Å². The summed E-state index contributed by atoms with van der Waals surface area (Å²) in [4.78, 5) is 34.9. The summed E-state index contributed by atoms with van der Waals surface area (Å²) in [5.74, 6) is -0.825. The van der Waals surface area contributed by atoms with Crippen molar-refractivity contribution in [2.24, 2.45) is 5.73 Å². The molecule has 0 heterocycles. The summed E-state index contributed by atoms with van der Waals surface area (Å²) in [7, 11) is -4.37. The Balaban J connectivity index is 4.08. The Morgan fingerprint density at radius 2 is 0.891 bits per heavy atom. The van der Waals surface area contributed by atoms with Crippen molar-refractivity contribution in [1.82, 2.24) is 0 Å². The summed E-state index contributed by atoms with van der Waals surface area (Å²) in [6.07, 6.45) is 43.8. The SMILES string of the molecule is CCCCCCCCC/C=C\CCCCCCCC(=O)O[C@H](COC(=O)CCCCCCCCCCCCCCCCCCCC)COP(=O)(O)OCCN. The molecule has 0 amide bonds. The van der Waals surface area contributed by atoms with Crippen LogP contribution < -0.4 is 5.73 Å². The third-order valence-electron chi connectivity index (χ3n) is 10.2. The molecular weight excluding hydrogens is 713 g/mol. The molecular formula is C45H88NO8P. The third-order valence-corrected chi connectivity index (χ3v) is 11.1. The number of unbranched alkanes of at least 4 members (excludes halogenated alkanes) is 29. The maximum absolute atomic E-state index is 12.6. The molecule has 0 aromatic heterocycles. The quantitative estimate of drug-likeness (QED) is 0.0267. The highest BCUT2D eigenvalue weighted by Gasteiger charge is 2.26. The number of hydrogen-bond acceptors (Lipinski definition) is 8. The molecule has 0 radical (unpaired) electrons. The van der Waals surface area contributed by atoms with Crippen molar-refractivity contribution in [2.75, 3.05) is 26.4 Å². The van der Waals surface area contributed by atoms with Crippen LogP contribution in [0.2, 0.25) is 0 Å². The number of rotatable bonds is 44. The van der Waals surface area contributed by atoms with Crippen molar-refractivity contribution in [3.05, 3.63) is 12.2 Å². The highest BCUT2D eigenvalue weighted by Crippen LogP contribution is 2.43. The number of ether oxygens (including phenoxy) is 2. The van der Waals surface area contributed by atoms with Crippen LogP contribution in [0.5, 0.6) is 0 Å². The predicted octanol–water partition coefficient (Wildman–Crippen LogP) is 13.4. The fourth-order valence-electron chi connectivity index (χ4n) is 6.69. The molecule has 3 N–H and O–H groups in total. The van der Waals surface area contributed by atoms with Crippen LogP contribution in [0.25, 0.3) is 0 Å². The van der Waals surface area contributed by atoms with Crippen LogP contribution in [0.1, 0.15) is 232 Å². The second kappa shape index (κ2) is 42.4. The first-order valence-electron chi connectivity index (χ1n) is 23.2. The monoisotopic (exact) mass is 802 g/mol. The Morgan fingerprint density at radius 3 is 1.29 bits per heavy atom. The molecule has 0 aromatic carbocycles. The molecule has 55 heavy (non-hydrogen) atoms. The highest BCUT2D eigenvalue weighted by molar-refractivity contribution is 7.47. The average molecular weight is 802 g/mol. The van der Waals surface area contributed by atoms with Crippen LogP contribution in [0, 0.1) is 0 Å². The van der Waals surface area contributed by atoms with E-state index >= 15 is 0 Å². The molecule has 326 valence electrons.